The Kier molecular flexibility index (Phi) is 6.29. The minimum atomic E-state index is -0.648. The number of hydrogen-bond donors (Lipinski definition) is 2. The summed E-state index contributed by atoms with van der Waals surface area (Å²) < 4.78 is 13.7. The number of hydrogen-bond acceptors (Lipinski definition) is 8. The van der Waals surface area contributed by atoms with Crippen molar-refractivity contribution in [2.75, 3.05) is 13.7 Å². The van der Waals surface area contributed by atoms with E-state index in [1.807, 2.05) is 31.2 Å². The van der Waals surface area contributed by atoms with Crippen molar-refractivity contribution >= 4 is 27.8 Å². The lowest BCUT2D eigenvalue weighted by Crippen LogP contribution is -2.38. The summed E-state index contributed by atoms with van der Waals surface area (Å²) in [5.74, 6) is -0.311. The van der Waals surface area contributed by atoms with Gasteiger partial charge >= 0.3 is 5.97 Å². The van der Waals surface area contributed by atoms with Gasteiger partial charge in [0, 0.05) is 24.0 Å². The Labute approximate surface area is 206 Å². The summed E-state index contributed by atoms with van der Waals surface area (Å²) in [6.07, 6.45) is 2.65. The van der Waals surface area contributed by atoms with Crippen LogP contribution < -0.4 is 26.7 Å². The molecule has 2 N–H and O–H groups in total. The molecule has 10 heteroatoms. The number of esters is 1. The maximum absolute atomic E-state index is 13.5. The third-order valence-corrected chi connectivity index (χ3v) is 6.57. The lowest BCUT2D eigenvalue weighted by Gasteiger charge is -2.21. The van der Waals surface area contributed by atoms with Crippen molar-refractivity contribution in [3.05, 3.63) is 81.1 Å². The van der Waals surface area contributed by atoms with Crippen LogP contribution in [-0.2, 0) is 16.1 Å². The van der Waals surface area contributed by atoms with E-state index in [0.717, 1.165) is 5.56 Å². The molecule has 4 heterocycles. The third-order valence-electron chi connectivity index (χ3n) is 6.57. The predicted octanol–water partition coefficient (Wildman–Crippen LogP) is 1.94. The number of aromatic nitrogens is 3. The number of carbonyl (C=O) groups excluding carboxylic acids is 1. The number of rotatable bonds is 6. The van der Waals surface area contributed by atoms with Crippen molar-refractivity contribution in [3.63, 3.8) is 0 Å². The predicted molar refractivity (Wildman–Crippen MR) is 135 cm³/mol. The van der Waals surface area contributed by atoms with Gasteiger partial charge in [-0.25, -0.2) is 10.4 Å². The van der Waals surface area contributed by atoms with Crippen LogP contribution in [0.2, 0.25) is 0 Å². The molecule has 3 atom stereocenters. The fourth-order valence-corrected chi connectivity index (χ4v) is 4.72. The molecular weight excluding hydrogens is 462 g/mol. The molecule has 36 heavy (non-hydrogen) atoms. The molecule has 3 aromatic heterocycles. The molecule has 0 saturated carbocycles. The van der Waals surface area contributed by atoms with Crippen LogP contribution in [0.25, 0.3) is 21.8 Å². The minimum Gasteiger partial charge on any atom is -0.496 e. The Morgan fingerprint density at radius 1 is 1.03 bits per heavy atom. The molecule has 10 nitrogen and oxygen atoms in total. The first kappa shape index (κ1) is 23.7. The van der Waals surface area contributed by atoms with Gasteiger partial charge in [0.1, 0.15) is 17.8 Å². The summed E-state index contributed by atoms with van der Waals surface area (Å²) in [7, 11) is 1.59. The second kappa shape index (κ2) is 9.56. The first-order chi connectivity index (χ1) is 17.4. The molecule has 186 valence electrons. The highest BCUT2D eigenvalue weighted by molar-refractivity contribution is 5.91. The second-order valence-electron chi connectivity index (χ2n) is 8.74. The highest BCUT2D eigenvalue weighted by Crippen LogP contribution is 2.25. The zero-order valence-electron chi connectivity index (χ0n) is 20.2. The van der Waals surface area contributed by atoms with Gasteiger partial charge in [0.2, 0.25) is 0 Å². The Balaban J connectivity index is 1.59. The molecule has 1 aromatic carbocycles. The first-order valence-corrected chi connectivity index (χ1v) is 11.8. The summed E-state index contributed by atoms with van der Waals surface area (Å²) in [6, 6.07) is 12.3. The van der Waals surface area contributed by atoms with Gasteiger partial charge < -0.3 is 14.0 Å². The van der Waals surface area contributed by atoms with E-state index in [1.165, 1.54) is 4.57 Å². The number of nitrogens with one attached hydrogen (secondary N) is 2. The monoisotopic (exact) mass is 489 g/mol. The van der Waals surface area contributed by atoms with Crippen molar-refractivity contribution in [2.24, 2.45) is 5.92 Å². The summed E-state index contributed by atoms with van der Waals surface area (Å²) in [5, 5.41) is 0.628. The summed E-state index contributed by atoms with van der Waals surface area (Å²) in [6.45, 7) is 4.15. The van der Waals surface area contributed by atoms with Gasteiger partial charge in [-0.1, -0.05) is 18.2 Å². The number of pyridine rings is 3. The number of hydrazine groups is 1. The van der Waals surface area contributed by atoms with Crippen molar-refractivity contribution in [1.82, 2.24) is 25.0 Å². The summed E-state index contributed by atoms with van der Waals surface area (Å²) in [5.41, 5.74) is 7.26. The number of nitrogens with zero attached hydrogens (tertiary/aromatic N) is 3. The molecule has 1 aliphatic heterocycles. The van der Waals surface area contributed by atoms with Gasteiger partial charge in [0.15, 0.2) is 0 Å². The lowest BCUT2D eigenvalue weighted by atomic mass is 10.00. The van der Waals surface area contributed by atoms with Gasteiger partial charge in [-0.15, -0.1) is 0 Å². The topological polar surface area (TPSA) is 116 Å². The van der Waals surface area contributed by atoms with Crippen LogP contribution in [0.1, 0.15) is 25.6 Å². The van der Waals surface area contributed by atoms with E-state index in [1.54, 1.807) is 49.2 Å². The molecule has 3 unspecified atom stereocenters. The van der Waals surface area contributed by atoms with Gasteiger partial charge in [-0.3, -0.25) is 24.4 Å². The number of benzene rings is 1. The Morgan fingerprint density at radius 3 is 2.50 bits per heavy atom. The number of ether oxygens (including phenoxy) is 2. The molecule has 1 saturated heterocycles. The highest BCUT2D eigenvalue weighted by atomic mass is 16.5. The molecule has 1 fully saturated rings. The van der Waals surface area contributed by atoms with E-state index in [4.69, 9.17) is 9.47 Å². The fourth-order valence-electron chi connectivity index (χ4n) is 4.72. The SMILES string of the molecule is CCOC(=O)C1C(C)NNC1n1ccc2nc3ccn(Cc4ccccc4OC)c(=O)c3cc2c1=O. The highest BCUT2D eigenvalue weighted by Gasteiger charge is 2.41. The van der Waals surface area contributed by atoms with Crippen molar-refractivity contribution in [2.45, 2.75) is 32.6 Å². The number of methoxy groups -OCH3 is 1. The van der Waals surface area contributed by atoms with E-state index < -0.39 is 18.1 Å². The van der Waals surface area contributed by atoms with Crippen LogP contribution >= 0.6 is 0 Å². The Bertz CT molecular complexity index is 1580. The Morgan fingerprint density at radius 2 is 1.75 bits per heavy atom. The largest absolute Gasteiger partial charge is 0.496 e. The second-order valence-corrected chi connectivity index (χ2v) is 8.74. The average molecular weight is 490 g/mol. The van der Waals surface area contributed by atoms with Crippen molar-refractivity contribution < 1.29 is 14.3 Å². The molecule has 1 aliphatic rings. The zero-order valence-corrected chi connectivity index (χ0v) is 20.2. The lowest BCUT2D eigenvalue weighted by molar-refractivity contribution is -0.149. The van der Waals surface area contributed by atoms with E-state index in [-0.39, 0.29) is 23.8 Å². The molecule has 4 aromatic rings. The average Bonchev–Trinajstić information content (AvgIpc) is 3.27. The van der Waals surface area contributed by atoms with Crippen LogP contribution in [0.5, 0.6) is 5.75 Å². The third kappa shape index (κ3) is 4.04. The van der Waals surface area contributed by atoms with Crippen LogP contribution in [0.3, 0.4) is 0 Å². The standard InChI is InChI=1S/C26H27N5O5/c1-4-36-26(34)22-15(2)28-29-23(22)31-12-10-20-18(25(31)33)13-17-19(27-20)9-11-30(24(17)32)14-16-7-5-6-8-21(16)35-3/h5-13,15,22-23,28-29H,4,14H2,1-3H3. The van der Waals surface area contributed by atoms with E-state index in [0.29, 0.717) is 34.1 Å². The fraction of sp³-hybridized carbons (Fsp3) is 0.308. The van der Waals surface area contributed by atoms with E-state index in [9.17, 15) is 14.4 Å². The maximum Gasteiger partial charge on any atom is 0.314 e. The molecule has 0 bridgehead atoms. The summed E-state index contributed by atoms with van der Waals surface area (Å²) >= 11 is 0. The van der Waals surface area contributed by atoms with Gasteiger partial charge in [0.25, 0.3) is 11.1 Å². The number of carbonyl (C=O) groups is 1. The summed E-state index contributed by atoms with van der Waals surface area (Å²) in [4.78, 5) is 44.1. The van der Waals surface area contributed by atoms with Crippen molar-refractivity contribution in [3.8, 4) is 5.75 Å². The smallest absolute Gasteiger partial charge is 0.314 e. The van der Waals surface area contributed by atoms with E-state index in [2.05, 4.69) is 15.8 Å². The molecule has 0 amide bonds. The van der Waals surface area contributed by atoms with Gasteiger partial charge in [-0.05, 0) is 38.1 Å². The molecule has 0 radical (unpaired) electrons. The van der Waals surface area contributed by atoms with Gasteiger partial charge in [-0.2, -0.15) is 0 Å². The minimum absolute atomic E-state index is 0.242. The molecular formula is C26H27N5O5. The maximum atomic E-state index is 13.5. The first-order valence-electron chi connectivity index (χ1n) is 11.8. The van der Waals surface area contributed by atoms with Gasteiger partial charge in [0.05, 0.1) is 42.1 Å². The number of fused-ring (bicyclic) bond motifs is 2. The normalized spacial score (nSPS) is 19.6. The van der Waals surface area contributed by atoms with Crippen LogP contribution in [0.4, 0.5) is 0 Å². The zero-order chi connectivity index (χ0) is 25.4. The number of para-hydroxylation sites is 1. The van der Waals surface area contributed by atoms with E-state index >= 15 is 0 Å². The molecule has 5 rings (SSSR count). The van der Waals surface area contributed by atoms with Crippen LogP contribution in [0, 0.1) is 5.92 Å². The van der Waals surface area contributed by atoms with Crippen molar-refractivity contribution in [1.29, 1.82) is 0 Å². The molecule has 0 spiro atoms. The van der Waals surface area contributed by atoms with Crippen LogP contribution in [0.15, 0.2) is 64.4 Å². The van der Waals surface area contributed by atoms with Crippen LogP contribution in [-0.4, -0.2) is 39.8 Å². The Hall–Kier alpha value is -4.02. The quantitative estimate of drug-likeness (QED) is 0.312. The molecule has 0 aliphatic carbocycles.